The van der Waals surface area contributed by atoms with Gasteiger partial charge in [-0.05, 0) is 53.1 Å². The van der Waals surface area contributed by atoms with Crippen LogP contribution in [-0.4, -0.2) is 24.3 Å². The topological polar surface area (TPSA) is 72.5 Å². The highest BCUT2D eigenvalue weighted by atomic mass is 32.1. The molecule has 0 unspecified atom stereocenters. The third-order valence-corrected chi connectivity index (χ3v) is 4.52. The van der Waals surface area contributed by atoms with Crippen molar-refractivity contribution in [1.82, 2.24) is 0 Å². The lowest BCUT2D eigenvalue weighted by Crippen LogP contribution is -2.15. The van der Waals surface area contributed by atoms with Gasteiger partial charge in [-0.15, -0.1) is 0 Å². The molecule has 0 fully saturated rings. The third-order valence-electron chi connectivity index (χ3n) is 3.78. The van der Waals surface area contributed by atoms with Gasteiger partial charge in [0.25, 0.3) is 0 Å². The monoisotopic (exact) mass is 329 g/mol. The average Bonchev–Trinajstić information content (AvgIpc) is 3.14. The highest BCUT2D eigenvalue weighted by molar-refractivity contribution is 7.08. The highest BCUT2D eigenvalue weighted by Crippen LogP contribution is 2.32. The van der Waals surface area contributed by atoms with E-state index in [-0.39, 0.29) is 30.6 Å². The first-order valence-corrected chi connectivity index (χ1v) is 8.13. The number of ketones is 1. The second-order valence-electron chi connectivity index (χ2n) is 5.41. The minimum atomic E-state index is -0.428. The number of nitrogens with one attached hydrogen (secondary N) is 1. The zero-order chi connectivity index (χ0) is 16.4. The number of carbonyl (C=O) groups excluding carboxylic acids is 3. The molecule has 6 heteroatoms. The lowest BCUT2D eigenvalue weighted by molar-refractivity contribution is -0.141. The Morgan fingerprint density at radius 3 is 2.87 bits per heavy atom. The number of benzene rings is 1. The van der Waals surface area contributed by atoms with Crippen LogP contribution in [0.5, 0.6) is 0 Å². The molecule has 1 aromatic heterocycles. The minimum Gasteiger partial charge on any atom is -0.457 e. The zero-order valence-corrected chi connectivity index (χ0v) is 13.3. The van der Waals surface area contributed by atoms with Crippen molar-refractivity contribution in [2.45, 2.75) is 19.3 Å². The fourth-order valence-corrected chi connectivity index (χ4v) is 3.10. The van der Waals surface area contributed by atoms with Crippen LogP contribution in [0.3, 0.4) is 0 Å². The molecule has 1 N–H and O–H groups in total. The van der Waals surface area contributed by atoms with E-state index in [1.807, 2.05) is 16.8 Å². The maximum Gasteiger partial charge on any atom is 0.310 e. The summed E-state index contributed by atoms with van der Waals surface area (Å²) >= 11 is 1.51. The van der Waals surface area contributed by atoms with Crippen molar-refractivity contribution < 1.29 is 19.1 Å². The summed E-state index contributed by atoms with van der Waals surface area (Å²) in [5.41, 5.74) is 2.85. The maximum atomic E-state index is 12.2. The Morgan fingerprint density at radius 1 is 1.30 bits per heavy atom. The van der Waals surface area contributed by atoms with Crippen molar-refractivity contribution in [3.63, 3.8) is 0 Å². The molecule has 1 aliphatic heterocycles. The average molecular weight is 329 g/mol. The fourth-order valence-electron chi connectivity index (χ4n) is 2.43. The van der Waals surface area contributed by atoms with E-state index < -0.39 is 5.97 Å². The number of amides is 1. The summed E-state index contributed by atoms with van der Waals surface area (Å²) in [4.78, 5) is 35.5. The summed E-state index contributed by atoms with van der Waals surface area (Å²) < 4.78 is 5.03. The highest BCUT2D eigenvalue weighted by Gasteiger charge is 2.27. The molecule has 118 valence electrons. The van der Waals surface area contributed by atoms with E-state index in [0.717, 1.165) is 16.8 Å². The normalized spacial score (nSPS) is 15.9. The summed E-state index contributed by atoms with van der Waals surface area (Å²) in [5, 5.41) is 6.51. The Labute approximate surface area is 137 Å². The molecule has 0 saturated carbocycles. The van der Waals surface area contributed by atoms with E-state index >= 15 is 0 Å². The Bertz CT molecular complexity index is 767. The van der Waals surface area contributed by atoms with Gasteiger partial charge >= 0.3 is 5.97 Å². The molecule has 23 heavy (non-hydrogen) atoms. The van der Waals surface area contributed by atoms with Gasteiger partial charge in [0, 0.05) is 11.3 Å². The fraction of sp³-hybridized carbons (Fsp3) is 0.235. The summed E-state index contributed by atoms with van der Waals surface area (Å²) in [6.45, 7) is 1.49. The molecule has 0 saturated heterocycles. The van der Waals surface area contributed by atoms with Gasteiger partial charge in [-0.1, -0.05) is 0 Å². The summed E-state index contributed by atoms with van der Waals surface area (Å²) in [5.74, 6) is -1.06. The molecule has 1 aliphatic rings. The number of thiophene rings is 1. The maximum absolute atomic E-state index is 12.2. The van der Waals surface area contributed by atoms with Crippen LogP contribution in [0.2, 0.25) is 0 Å². The first-order chi connectivity index (χ1) is 11.0. The quantitative estimate of drug-likeness (QED) is 0.676. The molecule has 0 bridgehead atoms. The first kappa shape index (κ1) is 15.4. The number of fused-ring (bicyclic) bond motifs is 1. The number of hydrogen-bond acceptors (Lipinski definition) is 5. The Hall–Kier alpha value is -2.47. The van der Waals surface area contributed by atoms with E-state index in [9.17, 15) is 14.4 Å². The van der Waals surface area contributed by atoms with Crippen molar-refractivity contribution >= 4 is 34.7 Å². The molecule has 2 heterocycles. The van der Waals surface area contributed by atoms with Gasteiger partial charge in [0.1, 0.15) is 0 Å². The van der Waals surface area contributed by atoms with Crippen LogP contribution in [0.25, 0.3) is 0 Å². The number of hydrogen-bond donors (Lipinski definition) is 1. The standard InChI is InChI=1S/C17H15NO4S/c1-10-13-7-12(2-3-14(13)18-17(10)21)15(19)8-22-16(20)6-11-4-5-23-9-11/h2-5,7,9-10H,6,8H2,1H3,(H,18,21)/t10-/m0/s1. The second kappa shape index (κ2) is 6.34. The largest absolute Gasteiger partial charge is 0.457 e. The Kier molecular flexibility index (Phi) is 4.25. The lowest BCUT2D eigenvalue weighted by atomic mass is 9.99. The van der Waals surface area contributed by atoms with Gasteiger partial charge in [0.15, 0.2) is 12.4 Å². The lowest BCUT2D eigenvalue weighted by Gasteiger charge is -2.06. The molecule has 2 aromatic rings. The molecule has 3 rings (SSSR count). The minimum absolute atomic E-state index is 0.0770. The predicted octanol–water partition coefficient (Wildman–Crippen LogP) is 2.77. The molecule has 0 spiro atoms. The number of rotatable bonds is 5. The molecule has 1 aromatic carbocycles. The summed E-state index contributed by atoms with van der Waals surface area (Å²) in [6.07, 6.45) is 0.163. The van der Waals surface area contributed by atoms with Crippen molar-refractivity contribution in [3.8, 4) is 0 Å². The van der Waals surface area contributed by atoms with Crippen LogP contribution in [-0.2, 0) is 20.7 Å². The summed E-state index contributed by atoms with van der Waals surface area (Å²) in [6, 6.07) is 6.87. The van der Waals surface area contributed by atoms with Crippen molar-refractivity contribution in [1.29, 1.82) is 0 Å². The number of ether oxygens (including phenoxy) is 1. The van der Waals surface area contributed by atoms with Crippen LogP contribution in [0, 0.1) is 0 Å². The van der Waals surface area contributed by atoms with E-state index in [1.54, 1.807) is 25.1 Å². The second-order valence-corrected chi connectivity index (χ2v) is 6.19. The predicted molar refractivity (Wildman–Crippen MR) is 86.8 cm³/mol. The van der Waals surface area contributed by atoms with Crippen molar-refractivity contribution in [2.24, 2.45) is 0 Å². The number of Topliss-reactive ketones (excluding diaryl/α,β-unsaturated/α-hetero) is 1. The van der Waals surface area contributed by atoms with E-state index in [4.69, 9.17) is 4.74 Å². The smallest absolute Gasteiger partial charge is 0.310 e. The van der Waals surface area contributed by atoms with Crippen molar-refractivity contribution in [2.75, 3.05) is 11.9 Å². The van der Waals surface area contributed by atoms with Crippen LogP contribution in [0.4, 0.5) is 5.69 Å². The third kappa shape index (κ3) is 3.32. The van der Waals surface area contributed by atoms with Crippen LogP contribution < -0.4 is 5.32 Å². The number of carbonyl (C=O) groups is 3. The molecular formula is C17H15NO4S. The van der Waals surface area contributed by atoms with Crippen molar-refractivity contribution in [3.05, 3.63) is 51.7 Å². The first-order valence-electron chi connectivity index (χ1n) is 7.19. The number of esters is 1. The number of anilines is 1. The zero-order valence-electron chi connectivity index (χ0n) is 12.5. The molecule has 1 amide bonds. The molecule has 5 nitrogen and oxygen atoms in total. The van der Waals surface area contributed by atoms with Gasteiger partial charge in [0.05, 0.1) is 12.3 Å². The Morgan fingerprint density at radius 2 is 2.13 bits per heavy atom. The van der Waals surface area contributed by atoms with Gasteiger partial charge in [-0.25, -0.2) is 0 Å². The van der Waals surface area contributed by atoms with Gasteiger partial charge in [-0.2, -0.15) is 11.3 Å². The SMILES string of the molecule is C[C@@H]1C(=O)Nc2ccc(C(=O)COC(=O)Cc3ccsc3)cc21. The molecule has 0 radical (unpaired) electrons. The molecule has 0 aliphatic carbocycles. The van der Waals surface area contributed by atoms with E-state index in [2.05, 4.69) is 5.32 Å². The van der Waals surface area contributed by atoms with Gasteiger partial charge in [0.2, 0.25) is 5.91 Å². The van der Waals surface area contributed by atoms with Crippen LogP contribution in [0.1, 0.15) is 34.3 Å². The Balaban J connectivity index is 1.61. The van der Waals surface area contributed by atoms with Crippen LogP contribution in [0.15, 0.2) is 35.0 Å². The van der Waals surface area contributed by atoms with Gasteiger partial charge in [-0.3, -0.25) is 14.4 Å². The van der Waals surface area contributed by atoms with Gasteiger partial charge < -0.3 is 10.1 Å². The summed E-state index contributed by atoms with van der Waals surface area (Å²) in [7, 11) is 0. The molecular weight excluding hydrogens is 314 g/mol. The van der Waals surface area contributed by atoms with E-state index in [0.29, 0.717) is 5.56 Å². The van der Waals surface area contributed by atoms with E-state index in [1.165, 1.54) is 11.3 Å². The molecule has 1 atom stereocenters. The van der Waals surface area contributed by atoms with Crippen LogP contribution >= 0.6 is 11.3 Å².